The Morgan fingerprint density at radius 1 is 1.03 bits per heavy atom. The molecule has 9 heteroatoms. The maximum absolute atomic E-state index is 12.9. The van der Waals surface area contributed by atoms with E-state index in [9.17, 15) is 4.79 Å². The number of hydrogen-bond donors (Lipinski definition) is 3. The fraction of sp³-hybridized carbons (Fsp3) is 0.217. The maximum atomic E-state index is 12.9. The topological polar surface area (TPSA) is 116 Å². The summed E-state index contributed by atoms with van der Waals surface area (Å²) in [4.78, 5) is 26.2. The number of aromatic nitrogens is 4. The Hall–Kier alpha value is -3.98. The zero-order valence-corrected chi connectivity index (χ0v) is 17.7. The van der Waals surface area contributed by atoms with Gasteiger partial charge in [-0.25, -0.2) is 4.98 Å². The van der Waals surface area contributed by atoms with Crippen LogP contribution >= 0.6 is 0 Å². The Morgan fingerprint density at radius 2 is 1.88 bits per heavy atom. The number of benzene rings is 1. The van der Waals surface area contributed by atoms with Crippen LogP contribution in [-0.4, -0.2) is 64.2 Å². The lowest BCUT2D eigenvalue weighted by atomic mass is 10.0. The second kappa shape index (κ2) is 8.27. The predicted octanol–water partition coefficient (Wildman–Crippen LogP) is 2.61. The number of nitrogens with zero attached hydrogens (tertiary/aromatic N) is 5. The Labute approximate surface area is 185 Å². The zero-order chi connectivity index (χ0) is 22.1. The number of carbonyl (C=O) groups excluding carboxylic acids is 1. The van der Waals surface area contributed by atoms with Crippen LogP contribution in [0, 0.1) is 0 Å². The van der Waals surface area contributed by atoms with E-state index in [0.717, 1.165) is 54.0 Å². The van der Waals surface area contributed by atoms with Crippen molar-refractivity contribution >= 4 is 34.0 Å². The Morgan fingerprint density at radius 3 is 2.62 bits per heavy atom. The van der Waals surface area contributed by atoms with Crippen molar-refractivity contribution in [2.45, 2.75) is 0 Å². The molecule has 0 radical (unpaired) electrons. The van der Waals surface area contributed by atoms with Crippen molar-refractivity contribution in [3.8, 4) is 11.1 Å². The molecule has 3 aromatic heterocycles. The summed E-state index contributed by atoms with van der Waals surface area (Å²) in [5.74, 6) is 0.620. The molecular weight excluding hydrogens is 404 g/mol. The molecule has 9 nitrogen and oxygen atoms in total. The summed E-state index contributed by atoms with van der Waals surface area (Å²) in [6.07, 6.45) is 5.02. The maximum Gasteiger partial charge on any atom is 0.276 e. The summed E-state index contributed by atoms with van der Waals surface area (Å²) in [5, 5.41) is 10.8. The van der Waals surface area contributed by atoms with Crippen molar-refractivity contribution in [1.82, 2.24) is 25.1 Å². The van der Waals surface area contributed by atoms with E-state index < -0.39 is 0 Å². The normalized spacial score (nSPS) is 14.6. The molecule has 0 bridgehead atoms. The molecule has 1 fully saturated rings. The number of hydrogen-bond acceptors (Lipinski definition) is 7. The number of anilines is 3. The van der Waals surface area contributed by atoms with Crippen molar-refractivity contribution in [3.63, 3.8) is 0 Å². The first-order valence-electron chi connectivity index (χ1n) is 10.5. The summed E-state index contributed by atoms with van der Waals surface area (Å²) in [6.45, 7) is 3.92. The zero-order valence-electron chi connectivity index (χ0n) is 17.7. The first-order valence-corrected chi connectivity index (χ1v) is 10.5. The number of nitrogen functional groups attached to an aromatic ring is 1. The summed E-state index contributed by atoms with van der Waals surface area (Å²) < 4.78 is 0. The third-order valence-corrected chi connectivity index (χ3v) is 5.70. The van der Waals surface area contributed by atoms with Crippen LogP contribution in [-0.2, 0) is 0 Å². The van der Waals surface area contributed by atoms with E-state index in [0.29, 0.717) is 17.1 Å². The summed E-state index contributed by atoms with van der Waals surface area (Å²) in [6, 6.07) is 11.4. The van der Waals surface area contributed by atoms with Crippen molar-refractivity contribution in [2.24, 2.45) is 0 Å². The minimum atomic E-state index is -0.298. The van der Waals surface area contributed by atoms with Crippen LogP contribution in [0.4, 0.5) is 17.2 Å². The third-order valence-electron chi connectivity index (χ3n) is 5.70. The number of aromatic amines is 1. The van der Waals surface area contributed by atoms with Crippen molar-refractivity contribution in [1.29, 1.82) is 0 Å². The molecule has 0 atom stereocenters. The molecule has 0 unspecified atom stereocenters. The van der Waals surface area contributed by atoms with E-state index in [-0.39, 0.29) is 5.91 Å². The standard InChI is InChI=1S/C23H24N8O/c1-30-6-8-31(9-7-30)21-5-3-18(14-26-21)27-23(32)22-19-11-15(2-4-20(19)28-29-22)16-10-17(24)13-25-12-16/h2-5,10-14H,6-9,24H2,1H3,(H,27,32)(H,28,29). The monoisotopic (exact) mass is 428 g/mol. The van der Waals surface area contributed by atoms with Crippen LogP contribution in [0.25, 0.3) is 22.0 Å². The van der Waals surface area contributed by atoms with Gasteiger partial charge in [-0.3, -0.25) is 14.9 Å². The number of amides is 1. The molecule has 1 aliphatic heterocycles. The van der Waals surface area contributed by atoms with Crippen molar-refractivity contribution in [2.75, 3.05) is 49.2 Å². The van der Waals surface area contributed by atoms with Crippen molar-refractivity contribution < 1.29 is 4.79 Å². The number of nitrogens with one attached hydrogen (secondary N) is 2. The quantitative estimate of drug-likeness (QED) is 0.457. The molecule has 5 rings (SSSR count). The van der Waals surface area contributed by atoms with Crippen LogP contribution < -0.4 is 16.0 Å². The largest absolute Gasteiger partial charge is 0.397 e. The highest BCUT2D eigenvalue weighted by Crippen LogP contribution is 2.26. The number of nitrogens with two attached hydrogens (primary N) is 1. The number of H-pyrrole nitrogens is 1. The van der Waals surface area contributed by atoms with E-state index in [1.54, 1.807) is 18.6 Å². The molecule has 1 saturated heterocycles. The fourth-order valence-electron chi connectivity index (χ4n) is 3.86. The van der Waals surface area contributed by atoms with Gasteiger partial charge in [0.05, 0.1) is 23.1 Å². The molecule has 1 aliphatic rings. The molecule has 4 aromatic rings. The third kappa shape index (κ3) is 3.97. The smallest absolute Gasteiger partial charge is 0.276 e. The molecule has 0 spiro atoms. The molecule has 4 N–H and O–H groups in total. The van der Waals surface area contributed by atoms with Gasteiger partial charge in [0, 0.05) is 49.5 Å². The van der Waals surface area contributed by atoms with Gasteiger partial charge in [-0.05, 0) is 42.9 Å². The number of pyridine rings is 2. The van der Waals surface area contributed by atoms with Crippen molar-refractivity contribution in [3.05, 3.63) is 60.7 Å². The van der Waals surface area contributed by atoms with E-state index in [1.165, 1.54) is 0 Å². The van der Waals surface area contributed by atoms with E-state index >= 15 is 0 Å². The van der Waals surface area contributed by atoms with Gasteiger partial charge in [-0.1, -0.05) is 6.07 Å². The molecule has 4 heterocycles. The van der Waals surface area contributed by atoms with Gasteiger partial charge < -0.3 is 20.9 Å². The van der Waals surface area contributed by atoms with E-state index in [1.807, 2.05) is 36.4 Å². The molecular formula is C23H24N8O. The van der Waals surface area contributed by atoms with Gasteiger partial charge in [-0.2, -0.15) is 5.10 Å². The van der Waals surface area contributed by atoms with Crippen LogP contribution in [0.2, 0.25) is 0 Å². The summed E-state index contributed by atoms with van der Waals surface area (Å²) in [5.41, 5.74) is 9.95. The van der Waals surface area contributed by atoms with Crippen LogP contribution in [0.3, 0.4) is 0 Å². The van der Waals surface area contributed by atoms with Gasteiger partial charge >= 0.3 is 0 Å². The summed E-state index contributed by atoms with van der Waals surface area (Å²) >= 11 is 0. The minimum Gasteiger partial charge on any atom is -0.397 e. The fourth-order valence-corrected chi connectivity index (χ4v) is 3.86. The molecule has 32 heavy (non-hydrogen) atoms. The molecule has 0 saturated carbocycles. The van der Waals surface area contributed by atoms with Gasteiger partial charge in [0.15, 0.2) is 5.69 Å². The Kier molecular flexibility index (Phi) is 5.16. The lowest BCUT2D eigenvalue weighted by Gasteiger charge is -2.33. The van der Waals surface area contributed by atoms with Crippen LogP contribution in [0.1, 0.15) is 10.5 Å². The predicted molar refractivity (Wildman–Crippen MR) is 126 cm³/mol. The molecule has 162 valence electrons. The lowest BCUT2D eigenvalue weighted by Crippen LogP contribution is -2.44. The first-order chi connectivity index (χ1) is 15.6. The average molecular weight is 429 g/mol. The highest BCUT2D eigenvalue weighted by atomic mass is 16.1. The minimum absolute atomic E-state index is 0.298. The van der Waals surface area contributed by atoms with Gasteiger partial charge in [0.25, 0.3) is 5.91 Å². The average Bonchev–Trinajstić information content (AvgIpc) is 3.24. The molecule has 0 aliphatic carbocycles. The van der Waals surface area contributed by atoms with Gasteiger partial charge in [0.2, 0.25) is 0 Å². The molecule has 1 aromatic carbocycles. The van der Waals surface area contributed by atoms with Crippen LogP contribution in [0.5, 0.6) is 0 Å². The highest BCUT2D eigenvalue weighted by Gasteiger charge is 2.17. The second-order valence-electron chi connectivity index (χ2n) is 7.99. The van der Waals surface area contributed by atoms with Gasteiger partial charge in [-0.15, -0.1) is 0 Å². The van der Waals surface area contributed by atoms with E-state index in [4.69, 9.17) is 5.73 Å². The summed E-state index contributed by atoms with van der Waals surface area (Å²) in [7, 11) is 2.12. The number of fused-ring (bicyclic) bond motifs is 1. The SMILES string of the molecule is CN1CCN(c2ccc(NC(=O)c3n[nH]c4ccc(-c5cncc(N)c5)cc34)cn2)CC1. The van der Waals surface area contributed by atoms with Crippen LogP contribution in [0.15, 0.2) is 55.0 Å². The number of likely N-dealkylation sites (N-methyl/N-ethyl adjacent to an activating group) is 1. The Bertz CT molecular complexity index is 1260. The number of rotatable bonds is 4. The number of carbonyl (C=O) groups is 1. The highest BCUT2D eigenvalue weighted by molar-refractivity contribution is 6.11. The Balaban J connectivity index is 1.35. The van der Waals surface area contributed by atoms with E-state index in [2.05, 4.69) is 42.3 Å². The van der Waals surface area contributed by atoms with Gasteiger partial charge in [0.1, 0.15) is 5.82 Å². The lowest BCUT2D eigenvalue weighted by molar-refractivity contribution is 0.102. The number of piperazine rings is 1. The second-order valence-corrected chi connectivity index (χ2v) is 7.99. The molecule has 1 amide bonds. The first kappa shape index (κ1) is 20.0.